The van der Waals surface area contributed by atoms with E-state index in [4.69, 9.17) is 5.11 Å². The van der Waals surface area contributed by atoms with Crippen LogP contribution in [0.5, 0.6) is 0 Å². The Hall–Kier alpha value is -0.150. The van der Waals surface area contributed by atoms with Crippen molar-refractivity contribution in [2.24, 2.45) is 0 Å². The molecule has 7 heavy (non-hydrogen) atoms. The quantitative estimate of drug-likeness (QED) is 0.365. The zero-order valence-corrected chi connectivity index (χ0v) is 5.20. The van der Waals surface area contributed by atoms with Crippen molar-refractivity contribution in [3.63, 3.8) is 0 Å². The van der Waals surface area contributed by atoms with E-state index in [1.165, 1.54) is 13.8 Å². The summed E-state index contributed by atoms with van der Waals surface area (Å²) in [5.41, 5.74) is 0. The third kappa shape index (κ3) is 5.85. The molecule has 0 saturated heterocycles. The summed E-state index contributed by atoms with van der Waals surface area (Å²) in [4.78, 5) is 10.1. The standard InChI is InChI=1S/C4H8O2S/c1-3(5)7-4(2)6/h5,7H,1-2H3. The molecule has 1 N–H and O–H groups in total. The van der Waals surface area contributed by atoms with E-state index in [1.807, 2.05) is 0 Å². The summed E-state index contributed by atoms with van der Waals surface area (Å²) >= 11 is 0.410. The number of aliphatic hydroxyl groups is 1. The Morgan fingerprint density at radius 3 is 2.00 bits per heavy atom. The lowest BCUT2D eigenvalue weighted by Crippen LogP contribution is -1.84. The fourth-order valence-electron chi connectivity index (χ4n) is 0.228. The summed E-state index contributed by atoms with van der Waals surface area (Å²) in [7, 11) is 0. The molecule has 0 aliphatic rings. The molecule has 0 heterocycles. The van der Waals surface area contributed by atoms with Crippen LogP contribution in [0.1, 0.15) is 13.8 Å². The fourth-order valence-corrected chi connectivity index (χ4v) is 0.684. The predicted octanol–water partition coefficient (Wildman–Crippen LogP) is 0.706. The van der Waals surface area contributed by atoms with Crippen LogP contribution in [-0.4, -0.2) is 15.3 Å². The Bertz CT molecular complexity index is 102. The first-order chi connectivity index (χ1) is 3.13. The van der Waals surface area contributed by atoms with Crippen molar-refractivity contribution in [1.82, 2.24) is 0 Å². The maximum atomic E-state index is 10.1. The van der Waals surface area contributed by atoms with Crippen molar-refractivity contribution in [1.29, 1.82) is 0 Å². The van der Waals surface area contributed by atoms with E-state index in [1.54, 1.807) is 0 Å². The summed E-state index contributed by atoms with van der Waals surface area (Å²) < 4.78 is 0. The Labute approximate surface area is 46.1 Å². The molecule has 42 valence electrons. The van der Waals surface area contributed by atoms with E-state index in [-0.39, 0.29) is 10.2 Å². The molecule has 0 spiro atoms. The first-order valence-electron chi connectivity index (χ1n) is 1.87. The summed E-state index contributed by atoms with van der Waals surface area (Å²) in [6.07, 6.45) is 0. The number of aliphatic hydroxyl groups excluding tert-OH is 1. The van der Waals surface area contributed by atoms with Gasteiger partial charge in [0.1, 0.15) is 0 Å². The van der Waals surface area contributed by atoms with Gasteiger partial charge in [0.05, 0.1) is 5.05 Å². The fraction of sp³-hybridized carbons (Fsp3) is 0.500. The van der Waals surface area contributed by atoms with Crippen LogP contribution in [0, 0.1) is 0 Å². The lowest BCUT2D eigenvalue weighted by atomic mass is 10.9. The minimum atomic E-state index is -0.0278. The van der Waals surface area contributed by atoms with Crippen LogP contribution in [0.15, 0.2) is 0 Å². The van der Waals surface area contributed by atoms with Gasteiger partial charge in [0, 0.05) is 6.92 Å². The predicted molar refractivity (Wildman–Crippen MR) is 33.0 cm³/mol. The highest BCUT2D eigenvalue weighted by molar-refractivity contribution is 8.12. The second kappa shape index (κ2) is 2.93. The minimum absolute atomic E-state index is 0.0278. The minimum Gasteiger partial charge on any atom is -0.359 e. The molecule has 0 atom stereocenters. The number of hydrogen-bond acceptors (Lipinski definition) is 1. The molecular formula is C4H8O2S. The van der Waals surface area contributed by atoms with E-state index in [2.05, 4.69) is 0 Å². The third-order valence-electron chi connectivity index (χ3n) is 0.319. The number of hydrogen-bond donors (Lipinski definition) is 2. The van der Waals surface area contributed by atoms with Crippen molar-refractivity contribution < 1.29 is 9.90 Å². The van der Waals surface area contributed by atoms with Gasteiger partial charge in [0.2, 0.25) is 0 Å². The second-order valence-electron chi connectivity index (χ2n) is 1.18. The van der Waals surface area contributed by atoms with E-state index in [0.717, 1.165) is 0 Å². The zero-order chi connectivity index (χ0) is 5.86. The topological polar surface area (TPSA) is 37.3 Å². The van der Waals surface area contributed by atoms with Crippen molar-refractivity contribution in [2.45, 2.75) is 13.8 Å². The SMILES string of the molecule is CC(=O)[SH]=C(C)O. The van der Waals surface area contributed by atoms with Gasteiger partial charge in [-0.2, -0.15) is 0 Å². The van der Waals surface area contributed by atoms with Gasteiger partial charge in [0.25, 0.3) is 0 Å². The highest BCUT2D eigenvalue weighted by Crippen LogP contribution is 1.87. The maximum absolute atomic E-state index is 10.1. The monoisotopic (exact) mass is 120 g/mol. The average Bonchev–Trinajstić information content (AvgIpc) is 1.27. The largest absolute Gasteiger partial charge is 0.359 e. The van der Waals surface area contributed by atoms with Crippen molar-refractivity contribution in [2.75, 3.05) is 0 Å². The molecule has 0 bridgehead atoms. The van der Waals surface area contributed by atoms with E-state index in [0.29, 0.717) is 11.4 Å². The van der Waals surface area contributed by atoms with Gasteiger partial charge >= 0.3 is 0 Å². The normalized spacial score (nSPS) is 12.7. The molecule has 0 amide bonds. The van der Waals surface area contributed by atoms with Gasteiger partial charge in [-0.15, -0.1) is 11.4 Å². The molecule has 0 aliphatic heterocycles. The average molecular weight is 120 g/mol. The van der Waals surface area contributed by atoms with Gasteiger partial charge in [0.15, 0.2) is 5.12 Å². The highest BCUT2D eigenvalue weighted by atomic mass is 32.1. The van der Waals surface area contributed by atoms with Crippen LogP contribution >= 0.6 is 11.4 Å². The van der Waals surface area contributed by atoms with Crippen LogP contribution in [0.2, 0.25) is 0 Å². The Kier molecular flexibility index (Phi) is 2.87. The van der Waals surface area contributed by atoms with Gasteiger partial charge in [-0.25, -0.2) is 0 Å². The van der Waals surface area contributed by atoms with Crippen molar-refractivity contribution in [3.05, 3.63) is 0 Å². The lowest BCUT2D eigenvalue weighted by Gasteiger charge is -1.81. The first-order valence-corrected chi connectivity index (χ1v) is 2.77. The van der Waals surface area contributed by atoms with Crippen LogP contribution < -0.4 is 0 Å². The molecule has 0 fully saturated rings. The molecule has 0 rings (SSSR count). The van der Waals surface area contributed by atoms with Crippen LogP contribution in [-0.2, 0) is 4.79 Å². The molecule has 3 heteroatoms. The van der Waals surface area contributed by atoms with Crippen LogP contribution in [0.4, 0.5) is 0 Å². The van der Waals surface area contributed by atoms with E-state index < -0.39 is 0 Å². The van der Waals surface area contributed by atoms with E-state index in [9.17, 15) is 4.79 Å². The summed E-state index contributed by atoms with van der Waals surface area (Å²) in [5, 5.41) is 8.54. The second-order valence-corrected chi connectivity index (χ2v) is 2.68. The zero-order valence-electron chi connectivity index (χ0n) is 4.30. The Morgan fingerprint density at radius 2 is 2.00 bits per heavy atom. The number of carbonyl (C=O) groups excluding carboxylic acids is 1. The lowest BCUT2D eigenvalue weighted by molar-refractivity contribution is -0.109. The Balaban J connectivity index is 3.68. The third-order valence-corrected chi connectivity index (χ3v) is 0.958. The van der Waals surface area contributed by atoms with Gasteiger partial charge in [-0.3, -0.25) is 4.79 Å². The number of carbonyl (C=O) groups is 1. The van der Waals surface area contributed by atoms with Crippen molar-refractivity contribution in [3.8, 4) is 0 Å². The van der Waals surface area contributed by atoms with Gasteiger partial charge in [-0.1, -0.05) is 0 Å². The smallest absolute Gasteiger partial charge is 0.179 e. The maximum Gasteiger partial charge on any atom is 0.179 e. The van der Waals surface area contributed by atoms with Crippen LogP contribution in [0.3, 0.4) is 0 Å². The summed E-state index contributed by atoms with van der Waals surface area (Å²) in [6.45, 7) is 2.93. The molecule has 0 aromatic carbocycles. The summed E-state index contributed by atoms with van der Waals surface area (Å²) in [6, 6.07) is 0. The molecular weight excluding hydrogens is 112 g/mol. The van der Waals surface area contributed by atoms with Gasteiger partial charge in [-0.05, 0) is 6.92 Å². The molecule has 0 aromatic heterocycles. The number of thiol groups is 1. The van der Waals surface area contributed by atoms with Crippen LogP contribution in [0.25, 0.3) is 0 Å². The molecule has 2 nitrogen and oxygen atoms in total. The molecule has 0 saturated carbocycles. The number of rotatable bonds is 0. The van der Waals surface area contributed by atoms with Crippen molar-refractivity contribution >= 4 is 21.5 Å². The van der Waals surface area contributed by atoms with E-state index >= 15 is 0 Å². The molecule has 0 aliphatic carbocycles. The Morgan fingerprint density at radius 1 is 1.57 bits per heavy atom. The summed E-state index contributed by atoms with van der Waals surface area (Å²) in [5.74, 6) is 0. The molecule has 0 aromatic rings. The molecule has 0 radical (unpaired) electrons. The molecule has 0 unspecified atom stereocenters. The van der Waals surface area contributed by atoms with Gasteiger partial charge < -0.3 is 5.11 Å². The highest BCUT2D eigenvalue weighted by Gasteiger charge is 1.80. The first kappa shape index (κ1) is 6.85.